The fourth-order valence-corrected chi connectivity index (χ4v) is 4.10. The number of carboxylic acids is 1. The maximum Gasteiger partial charge on any atom is 0.326 e. The molecule has 40 heavy (non-hydrogen) atoms. The molecule has 0 aliphatic carbocycles. The first kappa shape index (κ1) is 32.0. The molecule has 0 saturated carbocycles. The first-order valence-corrected chi connectivity index (χ1v) is 13.0. The molecule has 1 aromatic carbocycles. The number of aromatic nitrogens is 1. The van der Waals surface area contributed by atoms with E-state index in [-0.39, 0.29) is 25.3 Å². The number of hydrogen-bond donors (Lipinski definition) is 9. The molecule has 220 valence electrons. The number of aliphatic hydroxyl groups excluding tert-OH is 1. The molecule has 0 radical (unpaired) electrons. The highest BCUT2D eigenvalue weighted by Crippen LogP contribution is 2.19. The van der Waals surface area contributed by atoms with Gasteiger partial charge in [-0.2, -0.15) is 0 Å². The summed E-state index contributed by atoms with van der Waals surface area (Å²) in [5, 5.41) is 27.9. The first-order valence-electron chi connectivity index (χ1n) is 13.0. The van der Waals surface area contributed by atoms with E-state index in [1.807, 2.05) is 24.3 Å². The van der Waals surface area contributed by atoms with Crippen molar-refractivity contribution in [2.45, 2.75) is 70.3 Å². The minimum Gasteiger partial charge on any atom is -0.480 e. The molecule has 5 unspecified atom stereocenters. The number of H-pyrrole nitrogens is 1. The molecule has 2 rings (SSSR count). The second kappa shape index (κ2) is 14.8. The van der Waals surface area contributed by atoms with Gasteiger partial charge in [-0.3, -0.25) is 19.4 Å². The summed E-state index contributed by atoms with van der Waals surface area (Å²) < 4.78 is 0. The normalized spacial score (nSPS) is 14.9. The molecule has 0 fully saturated rings. The maximum absolute atomic E-state index is 13.2. The fourth-order valence-electron chi connectivity index (χ4n) is 4.10. The number of guanidine groups is 1. The molecule has 0 saturated heterocycles. The Morgan fingerprint density at radius 1 is 0.975 bits per heavy atom. The van der Waals surface area contributed by atoms with E-state index in [1.165, 1.54) is 6.92 Å². The predicted octanol–water partition coefficient (Wildman–Crippen LogP) is -1.33. The minimum absolute atomic E-state index is 0.0893. The summed E-state index contributed by atoms with van der Waals surface area (Å²) >= 11 is 0. The van der Waals surface area contributed by atoms with Crippen LogP contribution in [-0.2, 0) is 25.6 Å². The van der Waals surface area contributed by atoms with Crippen LogP contribution in [0.25, 0.3) is 10.9 Å². The molecule has 1 heterocycles. The highest BCUT2D eigenvalue weighted by molar-refractivity contribution is 5.94. The van der Waals surface area contributed by atoms with Crippen molar-refractivity contribution < 1.29 is 29.4 Å². The van der Waals surface area contributed by atoms with Crippen LogP contribution in [0.3, 0.4) is 0 Å². The number of nitrogens with zero attached hydrogens (tertiary/aromatic N) is 1. The van der Waals surface area contributed by atoms with Crippen molar-refractivity contribution in [2.75, 3.05) is 6.54 Å². The smallest absolute Gasteiger partial charge is 0.326 e. The number of rotatable bonds is 15. The van der Waals surface area contributed by atoms with Crippen LogP contribution in [0.4, 0.5) is 0 Å². The van der Waals surface area contributed by atoms with Crippen LogP contribution in [0, 0.1) is 5.92 Å². The van der Waals surface area contributed by atoms with Crippen molar-refractivity contribution in [3.8, 4) is 0 Å². The Bertz CT molecular complexity index is 1210. The van der Waals surface area contributed by atoms with Gasteiger partial charge in [0.2, 0.25) is 17.7 Å². The number of fused-ring (bicyclic) bond motifs is 1. The second-order valence-electron chi connectivity index (χ2n) is 9.98. The topological polar surface area (TPSA) is 251 Å². The number of carbonyl (C=O) groups excluding carboxylic acids is 3. The SMILES string of the molecule is CC(C)C(NC(=O)C(NC(=O)C(CCCN=C(N)N)NC(=O)C(N)Cc1c[nH]c2ccccc12)C(C)O)C(=O)O. The monoisotopic (exact) mass is 560 g/mol. The van der Waals surface area contributed by atoms with E-state index in [4.69, 9.17) is 17.2 Å². The lowest BCUT2D eigenvalue weighted by Crippen LogP contribution is -2.60. The molecule has 12 N–H and O–H groups in total. The Morgan fingerprint density at radius 3 is 2.23 bits per heavy atom. The van der Waals surface area contributed by atoms with Crippen molar-refractivity contribution in [3.05, 3.63) is 36.0 Å². The van der Waals surface area contributed by atoms with E-state index in [1.54, 1.807) is 20.0 Å². The summed E-state index contributed by atoms with van der Waals surface area (Å²) in [6.45, 7) is 4.67. The van der Waals surface area contributed by atoms with Crippen LogP contribution >= 0.6 is 0 Å². The van der Waals surface area contributed by atoms with Crippen LogP contribution in [0.2, 0.25) is 0 Å². The molecule has 0 aliphatic rings. The Kier molecular flexibility index (Phi) is 11.9. The number of amides is 3. The van der Waals surface area contributed by atoms with Gasteiger partial charge in [0, 0.05) is 23.6 Å². The van der Waals surface area contributed by atoms with E-state index in [0.29, 0.717) is 6.42 Å². The number of nitrogens with two attached hydrogens (primary N) is 3. The van der Waals surface area contributed by atoms with Gasteiger partial charge in [-0.1, -0.05) is 32.0 Å². The van der Waals surface area contributed by atoms with E-state index in [2.05, 4.69) is 25.9 Å². The molecule has 1 aromatic heterocycles. The van der Waals surface area contributed by atoms with Gasteiger partial charge in [-0.05, 0) is 43.7 Å². The number of carbonyl (C=O) groups is 4. The molecule has 0 aliphatic heterocycles. The van der Waals surface area contributed by atoms with Crippen molar-refractivity contribution in [2.24, 2.45) is 28.1 Å². The minimum atomic E-state index is -1.48. The number of benzene rings is 1. The third-order valence-electron chi connectivity index (χ3n) is 6.32. The maximum atomic E-state index is 13.2. The third-order valence-corrected chi connectivity index (χ3v) is 6.32. The summed E-state index contributed by atoms with van der Waals surface area (Å²) in [4.78, 5) is 57.6. The molecule has 0 bridgehead atoms. The molecule has 3 amide bonds. The number of hydrogen-bond acceptors (Lipinski definition) is 7. The molecule has 0 spiro atoms. The largest absolute Gasteiger partial charge is 0.480 e. The van der Waals surface area contributed by atoms with Crippen molar-refractivity contribution in [1.82, 2.24) is 20.9 Å². The molecular weight excluding hydrogens is 520 g/mol. The quantitative estimate of drug-likeness (QED) is 0.0709. The number of aliphatic carboxylic acids is 1. The van der Waals surface area contributed by atoms with Crippen LogP contribution < -0.4 is 33.2 Å². The van der Waals surface area contributed by atoms with Gasteiger partial charge >= 0.3 is 5.97 Å². The van der Waals surface area contributed by atoms with Crippen molar-refractivity contribution in [1.29, 1.82) is 0 Å². The number of carboxylic acid groups (broad SMARTS) is 1. The molecule has 5 atom stereocenters. The van der Waals surface area contributed by atoms with Crippen LogP contribution in [0.1, 0.15) is 39.2 Å². The van der Waals surface area contributed by atoms with E-state index in [9.17, 15) is 29.4 Å². The lowest BCUT2D eigenvalue weighted by atomic mass is 10.0. The number of aromatic amines is 1. The number of nitrogens with one attached hydrogen (secondary N) is 4. The standard InChI is InChI=1S/C26H40N8O6/c1-13(2)20(25(39)40)33-24(38)21(14(3)35)34-23(37)19(9-6-10-30-26(28)29)32-22(36)17(27)11-15-12-31-18-8-5-4-7-16(15)18/h4-5,7-8,12-14,17,19-21,31,35H,6,9-11,27H2,1-3H3,(H,32,36)(H,33,38)(H,34,37)(H,39,40)(H4,28,29,30). The van der Waals surface area contributed by atoms with Crippen LogP contribution in [-0.4, -0.2) is 81.7 Å². The van der Waals surface area contributed by atoms with Crippen LogP contribution in [0.15, 0.2) is 35.5 Å². The highest BCUT2D eigenvalue weighted by atomic mass is 16.4. The third kappa shape index (κ3) is 9.24. The van der Waals surface area contributed by atoms with Gasteiger partial charge in [0.1, 0.15) is 18.1 Å². The Morgan fingerprint density at radius 2 is 1.62 bits per heavy atom. The summed E-state index contributed by atoms with van der Waals surface area (Å²) in [7, 11) is 0. The van der Waals surface area contributed by atoms with Gasteiger partial charge in [-0.25, -0.2) is 4.79 Å². The summed E-state index contributed by atoms with van der Waals surface area (Å²) in [6.07, 6.45) is 0.987. The summed E-state index contributed by atoms with van der Waals surface area (Å²) in [6, 6.07) is 2.70. The van der Waals surface area contributed by atoms with E-state index >= 15 is 0 Å². The molecule has 14 nitrogen and oxygen atoms in total. The van der Waals surface area contributed by atoms with Gasteiger partial charge in [-0.15, -0.1) is 0 Å². The summed E-state index contributed by atoms with van der Waals surface area (Å²) in [5.74, 6) is -4.09. The van der Waals surface area contributed by atoms with E-state index in [0.717, 1.165) is 16.5 Å². The Balaban J connectivity index is 2.16. The Labute approximate surface area is 232 Å². The summed E-state index contributed by atoms with van der Waals surface area (Å²) in [5.41, 5.74) is 18.6. The number of para-hydroxylation sites is 1. The average molecular weight is 561 g/mol. The highest BCUT2D eigenvalue weighted by Gasteiger charge is 2.33. The van der Waals surface area contributed by atoms with Gasteiger partial charge in [0.05, 0.1) is 12.1 Å². The zero-order valence-electron chi connectivity index (χ0n) is 22.9. The molecular formula is C26H40N8O6. The molecule has 14 heteroatoms. The van der Waals surface area contributed by atoms with Gasteiger partial charge < -0.3 is 48.3 Å². The van der Waals surface area contributed by atoms with Gasteiger partial charge in [0.25, 0.3) is 0 Å². The number of aliphatic imine (C=N–C) groups is 1. The first-order chi connectivity index (χ1) is 18.8. The second-order valence-corrected chi connectivity index (χ2v) is 9.98. The lowest BCUT2D eigenvalue weighted by Gasteiger charge is -2.27. The zero-order valence-corrected chi connectivity index (χ0v) is 22.9. The predicted molar refractivity (Wildman–Crippen MR) is 150 cm³/mol. The van der Waals surface area contributed by atoms with Crippen molar-refractivity contribution >= 4 is 40.6 Å². The zero-order chi connectivity index (χ0) is 30.0. The van der Waals surface area contributed by atoms with Crippen LogP contribution in [0.5, 0.6) is 0 Å². The Hall–Kier alpha value is -4.17. The fraction of sp³-hybridized carbons (Fsp3) is 0.500. The van der Waals surface area contributed by atoms with Crippen molar-refractivity contribution in [3.63, 3.8) is 0 Å². The average Bonchev–Trinajstić information content (AvgIpc) is 3.29. The van der Waals surface area contributed by atoms with E-state index < -0.39 is 59.9 Å². The number of aliphatic hydroxyl groups is 1. The molecule has 2 aromatic rings. The lowest BCUT2D eigenvalue weighted by molar-refractivity contribution is -0.144. The van der Waals surface area contributed by atoms with Gasteiger partial charge in [0.15, 0.2) is 5.96 Å².